The second kappa shape index (κ2) is 16.9. The van der Waals surface area contributed by atoms with E-state index in [-0.39, 0.29) is 53.9 Å². The first-order valence-corrected chi connectivity index (χ1v) is 11.9. The van der Waals surface area contributed by atoms with Gasteiger partial charge in [-0.1, -0.05) is 0 Å². The Morgan fingerprint density at radius 2 is 0.950 bits per heavy atom. The fourth-order valence-electron chi connectivity index (χ4n) is 3.18. The van der Waals surface area contributed by atoms with Gasteiger partial charge in [0.15, 0.2) is 23.0 Å². The topological polar surface area (TPSA) is 145 Å². The molecule has 0 aliphatic rings. The number of rotatable bonds is 18. The van der Waals surface area contributed by atoms with E-state index >= 15 is 0 Å². The summed E-state index contributed by atoms with van der Waals surface area (Å²) >= 11 is 0. The first kappa shape index (κ1) is 32.2. The van der Waals surface area contributed by atoms with Gasteiger partial charge in [-0.3, -0.25) is 9.78 Å². The van der Waals surface area contributed by atoms with E-state index in [0.29, 0.717) is 18.1 Å². The molecule has 222 valence electrons. The second-order valence-corrected chi connectivity index (χ2v) is 7.45. The third-order valence-corrected chi connectivity index (χ3v) is 5.14. The summed E-state index contributed by atoms with van der Waals surface area (Å²) in [6.07, 6.45) is -1.49. The van der Waals surface area contributed by atoms with Gasteiger partial charge in [-0.05, 0) is 6.92 Å². The Bertz CT molecular complexity index is 1020. The molecule has 14 heteroatoms. The molecule has 40 heavy (non-hydrogen) atoms. The van der Waals surface area contributed by atoms with Crippen molar-refractivity contribution in [3.63, 3.8) is 0 Å². The first-order valence-electron chi connectivity index (χ1n) is 11.9. The zero-order valence-electron chi connectivity index (χ0n) is 23.4. The molecule has 0 bridgehead atoms. The minimum Gasteiger partial charge on any atom is -0.496 e. The Balaban J connectivity index is 2.16. The molecule has 0 aromatic heterocycles. The van der Waals surface area contributed by atoms with Gasteiger partial charge in [0, 0.05) is 30.9 Å². The third-order valence-electron chi connectivity index (χ3n) is 5.14. The van der Waals surface area contributed by atoms with Gasteiger partial charge >= 0.3 is 11.9 Å². The maximum atomic E-state index is 12.8. The van der Waals surface area contributed by atoms with Crippen LogP contribution in [0.25, 0.3) is 0 Å². The van der Waals surface area contributed by atoms with E-state index in [0.717, 1.165) is 0 Å². The average Bonchev–Trinajstić information content (AvgIpc) is 2.99. The van der Waals surface area contributed by atoms with Gasteiger partial charge < -0.3 is 37.9 Å². The van der Waals surface area contributed by atoms with Crippen LogP contribution in [0.4, 0.5) is 0 Å². The predicted octanol–water partition coefficient (Wildman–Crippen LogP) is 2.99. The SMILES string of the molecule is CCOCCOCC(OOC(=O)c1cc(OC)c(OC)cc1OC)OOC(=O)c1cc(OC)c(OC)cc1OC. The lowest BCUT2D eigenvalue weighted by atomic mass is 10.1. The Labute approximate surface area is 231 Å². The Kier molecular flexibility index (Phi) is 13.6. The fourth-order valence-corrected chi connectivity index (χ4v) is 3.18. The van der Waals surface area contributed by atoms with E-state index in [1.54, 1.807) is 0 Å². The maximum Gasteiger partial charge on any atom is 0.377 e. The first-order chi connectivity index (χ1) is 19.4. The van der Waals surface area contributed by atoms with Crippen molar-refractivity contribution in [1.29, 1.82) is 0 Å². The van der Waals surface area contributed by atoms with Crippen LogP contribution in [0.3, 0.4) is 0 Å². The quantitative estimate of drug-likeness (QED) is 0.112. The summed E-state index contributed by atoms with van der Waals surface area (Å²) in [6.45, 7) is 2.47. The molecule has 0 spiro atoms. The average molecular weight is 571 g/mol. The van der Waals surface area contributed by atoms with Gasteiger partial charge in [0.25, 0.3) is 6.29 Å². The highest BCUT2D eigenvalue weighted by Crippen LogP contribution is 2.36. The Hall–Kier alpha value is -3.98. The van der Waals surface area contributed by atoms with E-state index in [1.165, 1.54) is 66.9 Å². The van der Waals surface area contributed by atoms with Crippen molar-refractivity contribution in [3.05, 3.63) is 35.4 Å². The molecule has 0 aliphatic heterocycles. The van der Waals surface area contributed by atoms with Crippen LogP contribution in [0, 0.1) is 0 Å². The molecule has 14 nitrogen and oxygen atoms in total. The summed E-state index contributed by atoms with van der Waals surface area (Å²) in [4.78, 5) is 45.7. The lowest BCUT2D eigenvalue weighted by molar-refractivity contribution is -0.427. The van der Waals surface area contributed by atoms with E-state index in [9.17, 15) is 9.59 Å². The molecule has 2 aromatic rings. The van der Waals surface area contributed by atoms with Gasteiger partial charge in [0.2, 0.25) is 0 Å². The normalized spacial score (nSPS) is 10.6. The molecular weight excluding hydrogens is 536 g/mol. The molecule has 0 atom stereocenters. The number of hydrogen-bond acceptors (Lipinski definition) is 14. The summed E-state index contributed by atoms with van der Waals surface area (Å²) in [5.41, 5.74) is -0.0774. The maximum absolute atomic E-state index is 12.8. The standard InChI is InChI=1S/C26H34O14/c1-8-35-9-10-36-15-24(37-39-25(27)16-11-20(31-4)22(33-6)13-18(16)29-2)38-40-26(28)17-12-21(32-5)23(34-7)14-19(17)30-3/h11-14,24H,8-10,15H2,1-7H3. The van der Waals surface area contributed by atoms with Crippen LogP contribution in [0.5, 0.6) is 34.5 Å². The Morgan fingerprint density at radius 1 is 0.575 bits per heavy atom. The van der Waals surface area contributed by atoms with E-state index in [1.807, 2.05) is 6.92 Å². The van der Waals surface area contributed by atoms with Gasteiger partial charge in [-0.25, -0.2) is 9.59 Å². The molecule has 0 fully saturated rings. The van der Waals surface area contributed by atoms with E-state index in [2.05, 4.69) is 0 Å². The van der Waals surface area contributed by atoms with Crippen molar-refractivity contribution >= 4 is 11.9 Å². The van der Waals surface area contributed by atoms with Crippen molar-refractivity contribution in [3.8, 4) is 34.5 Å². The van der Waals surface area contributed by atoms with Crippen LogP contribution < -0.4 is 28.4 Å². The molecule has 0 unspecified atom stereocenters. The van der Waals surface area contributed by atoms with Crippen LogP contribution in [0.1, 0.15) is 27.6 Å². The molecular formula is C26H34O14. The van der Waals surface area contributed by atoms with Crippen LogP contribution in [-0.4, -0.2) is 87.3 Å². The van der Waals surface area contributed by atoms with Gasteiger partial charge in [-0.2, -0.15) is 0 Å². The molecule has 0 heterocycles. The van der Waals surface area contributed by atoms with Crippen molar-refractivity contribution in [2.45, 2.75) is 13.2 Å². The molecule has 0 saturated carbocycles. The van der Waals surface area contributed by atoms with Crippen molar-refractivity contribution in [2.75, 3.05) is 69.1 Å². The summed E-state index contributed by atoms with van der Waals surface area (Å²) < 4.78 is 42.0. The molecule has 0 aliphatic carbocycles. The highest BCUT2D eigenvalue weighted by Gasteiger charge is 2.25. The summed E-state index contributed by atoms with van der Waals surface area (Å²) in [5.74, 6) is -0.508. The largest absolute Gasteiger partial charge is 0.496 e. The minimum atomic E-state index is -1.49. The number of ether oxygens (including phenoxy) is 8. The molecule has 0 radical (unpaired) electrons. The second-order valence-electron chi connectivity index (χ2n) is 7.45. The molecule has 2 aromatic carbocycles. The lowest BCUT2D eigenvalue weighted by Crippen LogP contribution is -2.27. The molecule has 2 rings (SSSR count). The number of methoxy groups -OCH3 is 6. The van der Waals surface area contributed by atoms with Crippen LogP contribution in [0.2, 0.25) is 0 Å². The lowest BCUT2D eigenvalue weighted by Gasteiger charge is -2.17. The van der Waals surface area contributed by atoms with Gasteiger partial charge in [0.1, 0.15) is 29.2 Å². The van der Waals surface area contributed by atoms with Gasteiger partial charge in [0.05, 0.1) is 55.9 Å². The Morgan fingerprint density at radius 3 is 1.32 bits per heavy atom. The van der Waals surface area contributed by atoms with Crippen molar-refractivity contribution in [2.24, 2.45) is 0 Å². The summed E-state index contributed by atoms with van der Waals surface area (Å²) in [7, 11) is 8.40. The fraction of sp³-hybridized carbons (Fsp3) is 0.462. The monoisotopic (exact) mass is 570 g/mol. The number of benzene rings is 2. The van der Waals surface area contributed by atoms with Crippen molar-refractivity contribution < 1.29 is 67.0 Å². The smallest absolute Gasteiger partial charge is 0.377 e. The number of carbonyl (C=O) groups is 2. The van der Waals surface area contributed by atoms with Crippen LogP contribution in [-0.2, 0) is 29.0 Å². The van der Waals surface area contributed by atoms with Crippen molar-refractivity contribution in [1.82, 2.24) is 0 Å². The van der Waals surface area contributed by atoms with Crippen LogP contribution >= 0.6 is 0 Å². The highest BCUT2D eigenvalue weighted by molar-refractivity contribution is 5.94. The van der Waals surface area contributed by atoms with E-state index in [4.69, 9.17) is 57.4 Å². The number of carbonyl (C=O) groups excluding carboxylic acids is 2. The van der Waals surface area contributed by atoms with E-state index < -0.39 is 18.2 Å². The predicted molar refractivity (Wildman–Crippen MR) is 136 cm³/mol. The molecule has 0 N–H and O–H groups in total. The molecule has 0 saturated heterocycles. The van der Waals surface area contributed by atoms with Crippen LogP contribution in [0.15, 0.2) is 24.3 Å². The zero-order valence-corrected chi connectivity index (χ0v) is 23.4. The molecule has 0 amide bonds. The number of hydrogen-bond donors (Lipinski definition) is 0. The summed E-state index contributed by atoms with van der Waals surface area (Å²) in [5, 5.41) is 0. The third kappa shape index (κ3) is 8.77. The zero-order chi connectivity index (χ0) is 29.5. The summed E-state index contributed by atoms with van der Waals surface area (Å²) in [6, 6.07) is 5.58. The highest BCUT2D eigenvalue weighted by atomic mass is 17.3. The van der Waals surface area contributed by atoms with Gasteiger partial charge in [-0.15, -0.1) is 9.78 Å². The minimum absolute atomic E-state index is 0.0387.